The highest BCUT2D eigenvalue weighted by Crippen LogP contribution is 2.42. The summed E-state index contributed by atoms with van der Waals surface area (Å²) in [6.45, 7) is 8.64. The largest absolute Gasteiger partial charge is 0.508 e. The third-order valence-corrected chi connectivity index (χ3v) is 11.7. The molecule has 0 radical (unpaired) electrons. The standard InChI is InChI=1S/C38H53N3O20S2/c1-9-19(41-36(62)63-13-20(32(47)48)40-17(6)42)35(52)61-28-22(12-56-18(7)43)59-31(37(53)11-21(44)26(39)25(30(37)46)33(49)50)27(45)29(28)60-24-10-23(55-8)38(54,15(4)57-24)16(5)58-34(51)14(2)3/h9,14-16,20,22-24,27-29,31,39,45-46,53-54H,10-13H2,1-8H3,(H,40,42)(H,41,62)(H,47,48)(H,49,50)/b19-9-,39-26?/t15-,16+,20-,22-,23-,24+,27-,28-,29-,31-,37+,38-/m1/s1. The Labute approximate surface area is 370 Å². The van der Waals surface area contributed by atoms with Crippen LogP contribution in [0.2, 0.25) is 0 Å². The second kappa shape index (κ2) is 21.9. The zero-order chi connectivity index (χ0) is 47.9. The number of hydrogen-bond acceptors (Lipinski definition) is 21. The fraction of sp³-hybridized carbons (Fsp3) is 0.658. The van der Waals surface area contributed by atoms with Crippen LogP contribution < -0.4 is 10.6 Å². The lowest BCUT2D eigenvalue weighted by Crippen LogP contribution is -2.70. The van der Waals surface area contributed by atoms with Gasteiger partial charge in [0, 0.05) is 33.1 Å². The molecule has 9 N–H and O–H groups in total. The number of ketones is 1. The number of carbonyl (C=O) groups is 7. The van der Waals surface area contributed by atoms with Gasteiger partial charge >= 0.3 is 29.8 Å². The fourth-order valence-corrected chi connectivity index (χ4v) is 8.04. The number of allylic oxidation sites excluding steroid dienone is 1. The zero-order valence-corrected chi connectivity index (χ0v) is 37.1. The van der Waals surface area contributed by atoms with Gasteiger partial charge in [0.05, 0.1) is 24.5 Å². The van der Waals surface area contributed by atoms with Crippen LogP contribution in [0.5, 0.6) is 0 Å². The number of aliphatic hydroxyl groups is 4. The molecule has 0 saturated carbocycles. The lowest BCUT2D eigenvalue weighted by atomic mass is 9.74. The Kier molecular flexibility index (Phi) is 18.3. The summed E-state index contributed by atoms with van der Waals surface area (Å²) in [7, 11) is 1.24. The summed E-state index contributed by atoms with van der Waals surface area (Å²) in [4.78, 5) is 86.7. The SMILES string of the molecule is C/C=C(\NC(=S)SC[C@@H](NC(C)=O)C(=O)O)C(=O)O[C@H]1[C@H](O[C@H]2C[C@@H](OC)[C@](O)([C@H](C)OC(=O)C(C)C)[C@@H](C)O2)[C@@H](O)[C@H]([C@]2(O)CC(=O)C(=N)C(C(=O)O)=C2O)O[C@@H]1COC(C)=O. The minimum Gasteiger partial charge on any atom is -0.508 e. The van der Waals surface area contributed by atoms with E-state index in [0.717, 1.165) is 25.6 Å². The number of ether oxygens (including phenoxy) is 7. The van der Waals surface area contributed by atoms with Gasteiger partial charge in [0.1, 0.15) is 70.2 Å². The quantitative estimate of drug-likeness (QED) is 0.0372. The molecule has 2 fully saturated rings. The third kappa shape index (κ3) is 12.2. The van der Waals surface area contributed by atoms with E-state index >= 15 is 0 Å². The van der Waals surface area contributed by atoms with E-state index in [1.54, 1.807) is 13.8 Å². The first-order valence-electron chi connectivity index (χ1n) is 19.3. The highest BCUT2D eigenvalue weighted by Gasteiger charge is 2.62. The van der Waals surface area contributed by atoms with Crippen molar-refractivity contribution in [3.05, 3.63) is 23.1 Å². The van der Waals surface area contributed by atoms with Crippen molar-refractivity contribution in [3.8, 4) is 0 Å². The number of rotatable bonds is 17. The highest BCUT2D eigenvalue weighted by molar-refractivity contribution is 8.23. The van der Waals surface area contributed by atoms with E-state index in [9.17, 15) is 64.2 Å². The molecule has 2 heterocycles. The minimum atomic E-state index is -3.10. The number of thioether (sulfide) groups is 1. The lowest BCUT2D eigenvalue weighted by molar-refractivity contribution is -0.345. The van der Waals surface area contributed by atoms with E-state index in [-0.39, 0.29) is 22.2 Å². The number of carboxylic acids is 2. The molecule has 0 aromatic carbocycles. The summed E-state index contributed by atoms with van der Waals surface area (Å²) in [6, 6.07) is -1.36. The summed E-state index contributed by atoms with van der Waals surface area (Å²) in [5.41, 5.74) is -7.97. The predicted octanol–water partition coefficient (Wildman–Crippen LogP) is -0.835. The van der Waals surface area contributed by atoms with Crippen molar-refractivity contribution in [1.82, 2.24) is 10.6 Å². The number of methoxy groups -OCH3 is 1. The number of aliphatic carboxylic acids is 2. The summed E-state index contributed by atoms with van der Waals surface area (Å²) in [5, 5.41) is 79.0. The lowest BCUT2D eigenvalue weighted by Gasteiger charge is -2.52. The maximum absolute atomic E-state index is 13.9. The van der Waals surface area contributed by atoms with Crippen molar-refractivity contribution in [1.29, 1.82) is 5.41 Å². The van der Waals surface area contributed by atoms with Crippen LogP contribution in [0, 0.1) is 11.3 Å². The number of nitrogens with one attached hydrogen (secondary N) is 3. The Morgan fingerprint density at radius 1 is 1.08 bits per heavy atom. The molecule has 0 bridgehead atoms. The van der Waals surface area contributed by atoms with Gasteiger partial charge in [-0.3, -0.25) is 24.6 Å². The number of thiocarbonyl (C=S) groups is 1. The van der Waals surface area contributed by atoms with Crippen molar-refractivity contribution in [2.24, 2.45) is 5.92 Å². The van der Waals surface area contributed by atoms with Crippen molar-refractivity contribution in [2.75, 3.05) is 19.5 Å². The first kappa shape index (κ1) is 52.7. The number of carboxylic acid groups (broad SMARTS) is 2. The second-order valence-corrected chi connectivity index (χ2v) is 16.8. The number of aliphatic hydroxyl groups excluding tert-OH is 2. The average molecular weight is 936 g/mol. The van der Waals surface area contributed by atoms with Crippen molar-refractivity contribution >= 4 is 75.5 Å². The summed E-state index contributed by atoms with van der Waals surface area (Å²) in [6.07, 6.45) is -15.9. The number of Topliss-reactive ketones (excluding diaryl/α,β-unsaturated/α-hetero) is 1. The van der Waals surface area contributed by atoms with Crippen LogP contribution in [-0.2, 0) is 66.7 Å². The molecule has 0 aromatic heterocycles. The molecule has 2 saturated heterocycles. The molecular weight excluding hydrogens is 883 g/mol. The van der Waals surface area contributed by atoms with E-state index in [1.165, 1.54) is 34.0 Å². The molecule has 63 heavy (non-hydrogen) atoms. The molecule has 2 aliphatic heterocycles. The van der Waals surface area contributed by atoms with Crippen molar-refractivity contribution < 1.29 is 97.4 Å². The van der Waals surface area contributed by atoms with Gasteiger partial charge in [0.15, 0.2) is 29.4 Å². The molecule has 23 nitrogen and oxygen atoms in total. The Hall–Kier alpha value is -4.60. The molecule has 0 spiro atoms. The normalized spacial score (nSPS) is 31.1. The van der Waals surface area contributed by atoms with Crippen LogP contribution in [0.15, 0.2) is 23.1 Å². The van der Waals surface area contributed by atoms with E-state index in [2.05, 4.69) is 10.6 Å². The smallest absolute Gasteiger partial charge is 0.354 e. The van der Waals surface area contributed by atoms with Crippen molar-refractivity contribution in [3.63, 3.8) is 0 Å². The van der Waals surface area contributed by atoms with Crippen LogP contribution in [0.1, 0.15) is 61.3 Å². The van der Waals surface area contributed by atoms with Crippen LogP contribution in [-0.4, -0.2) is 174 Å². The van der Waals surface area contributed by atoms with Crippen LogP contribution >= 0.6 is 24.0 Å². The first-order chi connectivity index (χ1) is 29.2. The van der Waals surface area contributed by atoms with Crippen LogP contribution in [0.4, 0.5) is 0 Å². The first-order valence-corrected chi connectivity index (χ1v) is 20.7. The van der Waals surface area contributed by atoms with Crippen LogP contribution in [0.3, 0.4) is 0 Å². The number of amides is 1. The van der Waals surface area contributed by atoms with E-state index in [1.807, 2.05) is 0 Å². The fourth-order valence-electron chi connectivity index (χ4n) is 7.00. The molecule has 3 aliphatic rings. The second-order valence-electron chi connectivity index (χ2n) is 15.1. The summed E-state index contributed by atoms with van der Waals surface area (Å²) < 4.78 is 40.1. The maximum Gasteiger partial charge on any atom is 0.354 e. The molecular formula is C38H53N3O20S2. The molecule has 1 aliphatic carbocycles. The van der Waals surface area contributed by atoms with Crippen LogP contribution in [0.25, 0.3) is 0 Å². The van der Waals surface area contributed by atoms with E-state index in [0.29, 0.717) is 0 Å². The topological polar surface area (TPSA) is 353 Å². The van der Waals surface area contributed by atoms with Gasteiger partial charge in [-0.15, -0.1) is 0 Å². The molecule has 0 aromatic rings. The van der Waals surface area contributed by atoms with Gasteiger partial charge < -0.3 is 74.4 Å². The van der Waals surface area contributed by atoms with E-state index in [4.69, 9.17) is 50.8 Å². The zero-order valence-electron chi connectivity index (χ0n) is 35.5. The van der Waals surface area contributed by atoms with Gasteiger partial charge in [-0.1, -0.05) is 43.9 Å². The molecule has 25 heteroatoms. The molecule has 12 atom stereocenters. The predicted molar refractivity (Wildman–Crippen MR) is 218 cm³/mol. The highest BCUT2D eigenvalue weighted by atomic mass is 32.2. The molecule has 3 rings (SSSR count). The Bertz CT molecular complexity index is 1890. The van der Waals surface area contributed by atoms with Gasteiger partial charge in [0.25, 0.3) is 0 Å². The maximum atomic E-state index is 13.9. The molecule has 0 unspecified atom stereocenters. The summed E-state index contributed by atoms with van der Waals surface area (Å²) >= 11 is 6.02. The van der Waals surface area contributed by atoms with Gasteiger partial charge in [0.2, 0.25) is 5.91 Å². The molecule has 352 valence electrons. The van der Waals surface area contributed by atoms with Gasteiger partial charge in [-0.25, -0.2) is 14.4 Å². The Morgan fingerprint density at radius 2 is 1.71 bits per heavy atom. The van der Waals surface area contributed by atoms with Gasteiger partial charge in [-0.05, 0) is 20.8 Å². The monoisotopic (exact) mass is 935 g/mol. The van der Waals surface area contributed by atoms with Gasteiger partial charge in [-0.2, -0.15) is 0 Å². The average Bonchev–Trinajstić information content (AvgIpc) is 3.19. The summed E-state index contributed by atoms with van der Waals surface area (Å²) in [5.74, 6) is -10.3. The number of esters is 3. The minimum absolute atomic E-state index is 0.164. The Morgan fingerprint density at radius 3 is 2.24 bits per heavy atom. The number of hydrogen-bond donors (Lipinski definition) is 9. The van der Waals surface area contributed by atoms with E-state index < -0.39 is 150 Å². The number of carbonyl (C=O) groups excluding carboxylic acids is 5. The van der Waals surface area contributed by atoms with Crippen molar-refractivity contribution in [2.45, 2.75) is 134 Å². The molecule has 1 amide bonds. The Balaban J connectivity index is 2.11. The third-order valence-electron chi connectivity index (χ3n) is 10.4.